The third-order valence-corrected chi connectivity index (χ3v) is 19.7. The molecule has 0 bridgehead atoms. The molecule has 0 radical (unpaired) electrons. The Morgan fingerprint density at radius 1 is 0.429 bits per heavy atom. The number of piperidine rings is 2. The van der Waals surface area contributed by atoms with Gasteiger partial charge in [0.05, 0.1) is 0 Å². The average molecular weight is 1180 g/mol. The summed E-state index contributed by atoms with van der Waals surface area (Å²) in [7, 11) is 10.8. The van der Waals surface area contributed by atoms with E-state index in [0.717, 1.165) is 88.8 Å². The van der Waals surface area contributed by atoms with Crippen LogP contribution in [0.1, 0.15) is 206 Å². The lowest BCUT2D eigenvalue weighted by atomic mass is 9.78. The Labute approximate surface area is 523 Å². The fraction of sp³-hybridized carbons (Fsp3) is 0.863. The molecule has 9 heterocycles. The van der Waals surface area contributed by atoms with Gasteiger partial charge in [0.25, 0.3) is 0 Å². The lowest BCUT2D eigenvalue weighted by Crippen LogP contribution is -2.64. The lowest BCUT2D eigenvalue weighted by molar-refractivity contribution is -0.0339. The van der Waals surface area contributed by atoms with Gasteiger partial charge in [-0.1, -0.05) is 135 Å². The molecule has 8 fully saturated rings. The number of imidazole rings is 1. The number of aromatic nitrogens is 3. The largest absolute Gasteiger partial charge is 0.375 e. The Hall–Kier alpha value is -2.38. The van der Waals surface area contributed by atoms with Crippen molar-refractivity contribution in [2.24, 2.45) is 66.2 Å². The molecular weight excluding hydrogens is 1030 g/mol. The smallest absolute Gasteiger partial charge is 0.110 e. The van der Waals surface area contributed by atoms with E-state index in [1.807, 2.05) is 48.4 Å². The quantitative estimate of drug-likeness (QED) is 0.217. The summed E-state index contributed by atoms with van der Waals surface area (Å²) >= 11 is 0. The van der Waals surface area contributed by atoms with Crippen LogP contribution in [0.4, 0.5) is 0 Å². The van der Waals surface area contributed by atoms with Crippen molar-refractivity contribution in [1.82, 2.24) is 53.7 Å². The lowest BCUT2D eigenvalue weighted by Gasteiger charge is -2.52. The van der Waals surface area contributed by atoms with E-state index < -0.39 is 0 Å². The predicted molar refractivity (Wildman–Crippen MR) is 369 cm³/mol. The minimum absolute atomic E-state index is 0.532. The zero-order chi connectivity index (χ0) is 63.2. The SMILES string of the molecule is C=C(C)N1CC(C(C)C)C1.CC(C)C1CCC1.CC(C)C1CCN(C)CC1.CC(C)C1CN(C)C1.CC(C)C1CN(C2CN(C)C2)C1.CC(C)N1CCCCC1.CC(C)N1CCN(C)CC1.CC(C)c1ccccn1.CC(C)c1nccn1C. The van der Waals surface area contributed by atoms with Gasteiger partial charge < -0.3 is 34.0 Å². The second-order valence-electron chi connectivity index (χ2n) is 30.1. The Kier molecular flexibility index (Phi) is 38.6. The van der Waals surface area contributed by atoms with E-state index in [-0.39, 0.29) is 0 Å². The van der Waals surface area contributed by atoms with Gasteiger partial charge in [0.1, 0.15) is 5.82 Å². The number of allylic oxidation sites excluding steroid dienone is 1. The van der Waals surface area contributed by atoms with Crippen LogP contribution >= 0.6 is 0 Å². The summed E-state index contributed by atoms with van der Waals surface area (Å²) in [4.78, 5) is 28.0. The maximum absolute atomic E-state index is 4.18. The number of piperazine rings is 1. The number of hydrogen-bond donors (Lipinski definition) is 0. The van der Waals surface area contributed by atoms with Crippen molar-refractivity contribution in [3.05, 3.63) is 60.6 Å². The van der Waals surface area contributed by atoms with Crippen LogP contribution in [0.3, 0.4) is 0 Å². The topological polar surface area (TPSA) is 56.6 Å². The zero-order valence-electron chi connectivity index (χ0n) is 60.2. The maximum atomic E-state index is 4.18. The molecule has 84 heavy (non-hydrogen) atoms. The van der Waals surface area contributed by atoms with Crippen LogP contribution in [0.15, 0.2) is 49.1 Å². The van der Waals surface area contributed by atoms with E-state index in [2.05, 4.69) is 215 Å². The van der Waals surface area contributed by atoms with Crippen LogP contribution in [0, 0.1) is 59.2 Å². The molecule has 0 amide bonds. The molecule has 490 valence electrons. The molecule has 7 aliphatic heterocycles. The van der Waals surface area contributed by atoms with Gasteiger partial charge in [0.15, 0.2) is 0 Å². The van der Waals surface area contributed by atoms with Crippen molar-refractivity contribution in [3.63, 3.8) is 0 Å². The van der Waals surface area contributed by atoms with E-state index in [1.165, 1.54) is 162 Å². The highest BCUT2D eigenvalue weighted by Crippen LogP contribution is 2.33. The normalized spacial score (nSPS) is 21.0. The number of pyridine rings is 1. The fourth-order valence-electron chi connectivity index (χ4n) is 11.8. The van der Waals surface area contributed by atoms with Crippen molar-refractivity contribution in [2.45, 2.75) is 213 Å². The Balaban J connectivity index is 0.000000324. The first-order chi connectivity index (χ1) is 39.5. The summed E-state index contributed by atoms with van der Waals surface area (Å²) in [6, 6.07) is 8.39. The fourth-order valence-corrected chi connectivity index (χ4v) is 11.8. The predicted octanol–water partition coefficient (Wildman–Crippen LogP) is 14.9. The first kappa shape index (κ1) is 77.7. The minimum Gasteiger partial charge on any atom is -0.375 e. The van der Waals surface area contributed by atoms with Gasteiger partial charge in [-0.25, -0.2) is 4.98 Å². The highest BCUT2D eigenvalue weighted by atomic mass is 15.3. The Bertz CT molecular complexity index is 1850. The molecule has 0 spiro atoms. The van der Waals surface area contributed by atoms with Crippen LogP contribution in [-0.2, 0) is 7.05 Å². The summed E-state index contributed by atoms with van der Waals surface area (Å²) < 4.78 is 2.05. The van der Waals surface area contributed by atoms with Gasteiger partial charge in [-0.05, 0) is 192 Å². The molecule has 11 heteroatoms. The summed E-state index contributed by atoms with van der Waals surface area (Å²) in [6.45, 7) is 67.5. The zero-order valence-corrected chi connectivity index (χ0v) is 60.2. The van der Waals surface area contributed by atoms with Gasteiger partial charge in [-0.3, -0.25) is 14.8 Å². The molecule has 2 aromatic heterocycles. The first-order valence-electron chi connectivity index (χ1n) is 34.8. The monoisotopic (exact) mass is 1170 g/mol. The van der Waals surface area contributed by atoms with Crippen molar-refractivity contribution in [1.29, 1.82) is 0 Å². The molecule has 1 aliphatic carbocycles. The summed E-state index contributed by atoms with van der Waals surface area (Å²) in [5.41, 5.74) is 2.38. The number of nitrogens with zero attached hydrogens (tertiary/aromatic N) is 11. The molecule has 1 saturated carbocycles. The van der Waals surface area contributed by atoms with Gasteiger partial charge in [-0.2, -0.15) is 0 Å². The molecule has 0 atom stereocenters. The minimum atomic E-state index is 0.532. The second kappa shape index (κ2) is 41.8. The number of likely N-dealkylation sites (tertiary alicyclic amines) is 6. The number of rotatable bonds is 11. The Morgan fingerprint density at radius 3 is 1.17 bits per heavy atom. The summed E-state index contributed by atoms with van der Waals surface area (Å²) in [6.07, 6.45) is 17.2. The maximum Gasteiger partial charge on any atom is 0.110 e. The van der Waals surface area contributed by atoms with E-state index in [0.29, 0.717) is 11.8 Å². The number of likely N-dealkylation sites (N-methyl/N-ethyl adjacent to an activating group) is 2. The van der Waals surface area contributed by atoms with Crippen molar-refractivity contribution >= 4 is 0 Å². The molecule has 0 aromatic carbocycles. The molecule has 7 saturated heterocycles. The second-order valence-corrected chi connectivity index (χ2v) is 30.1. The molecule has 10 rings (SSSR count). The van der Waals surface area contributed by atoms with Gasteiger partial charge in [-0.15, -0.1) is 0 Å². The Morgan fingerprint density at radius 2 is 0.869 bits per heavy atom. The highest BCUT2D eigenvalue weighted by molar-refractivity contribution is 5.07. The average Bonchev–Trinajstić information content (AvgIpc) is 3.92. The number of aryl methyl sites for hydroxylation is 1. The van der Waals surface area contributed by atoms with Crippen LogP contribution < -0.4 is 0 Å². The van der Waals surface area contributed by atoms with Crippen molar-refractivity contribution in [2.75, 3.05) is 133 Å². The van der Waals surface area contributed by atoms with Crippen molar-refractivity contribution in [3.8, 4) is 0 Å². The molecule has 2 aromatic rings. The standard InChI is InChI=1S/C10H20N2.C9H17N.C9H19N.C8H18N2.C8H17N.C8H11N.C7H12N2.C7H15N.C7H14/c1-8(2)9-4-12(5-9)10-6-11(3)7-10;1-7(2)9-5-10(6-9)8(3)4;1-8(2)9-4-6-10(3)7-5-9;1-8(2)10-6-4-9(3)5-7-10;1-8(2)9-6-4-3-5-7-9;1-7(2)8-5-3-4-6-9-8;1-6(2)7-8-4-5-9(7)3;1-6(2)7-4-8(3)5-7;1-6(2)7-4-3-5-7/h8-10H,4-7H2,1-3H3;7,9H,3,5-6H2,1-2,4H3;8-9H,4-7H2,1-3H3;8H,4-7H2,1-3H3;8H,3-7H2,1-2H3;3-7H,1-2H3;4-6H,1-3H3;6-7H,4-5H2,1-3H3;6-7H,3-5H2,1-2H3. The molecular formula is C73H143N11. The van der Waals surface area contributed by atoms with Crippen LogP contribution in [0.2, 0.25) is 0 Å². The third-order valence-electron chi connectivity index (χ3n) is 19.7. The van der Waals surface area contributed by atoms with Crippen LogP contribution in [-0.4, -0.2) is 205 Å². The molecule has 8 aliphatic rings. The van der Waals surface area contributed by atoms with Crippen molar-refractivity contribution < 1.29 is 0 Å². The first-order valence-corrected chi connectivity index (χ1v) is 34.8. The summed E-state index contributed by atoms with van der Waals surface area (Å²) in [5, 5.41) is 0. The summed E-state index contributed by atoms with van der Waals surface area (Å²) in [5.74, 6) is 11.7. The third kappa shape index (κ3) is 31.2. The highest BCUT2D eigenvalue weighted by Gasteiger charge is 2.38. The van der Waals surface area contributed by atoms with E-state index in [4.69, 9.17) is 0 Å². The van der Waals surface area contributed by atoms with E-state index in [9.17, 15) is 0 Å². The van der Waals surface area contributed by atoms with Gasteiger partial charge >= 0.3 is 0 Å². The van der Waals surface area contributed by atoms with E-state index >= 15 is 0 Å². The van der Waals surface area contributed by atoms with Gasteiger partial charge in [0, 0.05) is 140 Å². The van der Waals surface area contributed by atoms with Crippen LogP contribution in [0.25, 0.3) is 0 Å². The molecule has 0 N–H and O–H groups in total. The number of hydrogen-bond acceptors (Lipinski definition) is 10. The van der Waals surface area contributed by atoms with Crippen LogP contribution in [0.5, 0.6) is 0 Å². The molecule has 11 nitrogen and oxygen atoms in total. The molecule has 0 unspecified atom stereocenters. The van der Waals surface area contributed by atoms with Gasteiger partial charge in [0.2, 0.25) is 0 Å². The van der Waals surface area contributed by atoms with E-state index in [1.54, 1.807) is 0 Å².